The molecule has 35 heavy (non-hydrogen) atoms. The molecule has 0 aliphatic heterocycles. The van der Waals surface area contributed by atoms with Gasteiger partial charge in [0, 0.05) is 0 Å². The molecular formula is C24H23ClF3IN3O3-. The van der Waals surface area contributed by atoms with Crippen molar-refractivity contribution in [1.82, 2.24) is 9.55 Å². The SMILES string of the molecule is Cc1cc(C(Nc2ccc(Cl)cc2C(=O)O)[I-](F)(F)F)c2nc(C3=CCCCC3)n(C)c(=O)c2c1. The zero-order chi connectivity index (χ0) is 25.5. The average Bonchev–Trinajstić information content (AvgIpc) is 2.80. The van der Waals surface area contributed by atoms with Crippen molar-refractivity contribution in [2.75, 3.05) is 5.32 Å². The topological polar surface area (TPSA) is 84.2 Å². The Bertz CT molecular complexity index is 1420. The molecule has 0 saturated heterocycles. The molecule has 6 nitrogen and oxygen atoms in total. The van der Waals surface area contributed by atoms with Gasteiger partial charge in [0.15, 0.2) is 0 Å². The molecule has 1 atom stereocenters. The zero-order valence-electron chi connectivity index (χ0n) is 18.9. The number of carbonyl (C=O) groups is 1. The number of fused-ring (bicyclic) bond motifs is 1. The van der Waals surface area contributed by atoms with E-state index in [2.05, 4.69) is 10.3 Å². The van der Waals surface area contributed by atoms with E-state index in [-0.39, 0.29) is 32.7 Å². The van der Waals surface area contributed by atoms with Crippen molar-refractivity contribution in [2.24, 2.45) is 7.05 Å². The summed E-state index contributed by atoms with van der Waals surface area (Å²) in [4.78, 5) is 29.5. The van der Waals surface area contributed by atoms with Crippen LogP contribution >= 0.6 is 11.6 Å². The summed E-state index contributed by atoms with van der Waals surface area (Å²) in [5.74, 6) is -1.05. The summed E-state index contributed by atoms with van der Waals surface area (Å²) in [6, 6.07) is 6.55. The standard InChI is InChI=1S/C24H23ClF3IN3O3/c1-13-10-17(21(29(26,27)28)30-19-9-8-15(25)12-16(19)24(34)35)20-18(11-13)23(33)32(2)22(31-20)14-6-4-3-5-7-14/h6,8-12,21,30H,3-5,7H2,1-2H3,(H,34,35)/q-1. The summed E-state index contributed by atoms with van der Waals surface area (Å²) in [6.45, 7) is 1.62. The van der Waals surface area contributed by atoms with Gasteiger partial charge in [-0.2, -0.15) is 0 Å². The molecule has 1 aliphatic carbocycles. The van der Waals surface area contributed by atoms with Crippen LogP contribution in [0.15, 0.2) is 41.2 Å². The van der Waals surface area contributed by atoms with E-state index in [1.807, 2.05) is 6.08 Å². The minimum atomic E-state index is -7.01. The Hall–Kier alpha value is -2.60. The number of rotatable bonds is 6. The summed E-state index contributed by atoms with van der Waals surface area (Å²) in [7, 11) is 1.57. The van der Waals surface area contributed by atoms with E-state index in [0.29, 0.717) is 17.8 Å². The Morgan fingerprint density at radius 2 is 1.97 bits per heavy atom. The van der Waals surface area contributed by atoms with Crippen molar-refractivity contribution in [1.29, 1.82) is 0 Å². The van der Waals surface area contributed by atoms with E-state index in [1.165, 1.54) is 28.8 Å². The molecule has 0 spiro atoms. The number of alkyl halides is 1. The number of benzene rings is 2. The number of aryl methyl sites for hydroxylation is 1. The van der Waals surface area contributed by atoms with Crippen molar-refractivity contribution < 1.29 is 38.6 Å². The molecule has 2 aromatic carbocycles. The second kappa shape index (κ2) is 9.81. The Balaban J connectivity index is 1.96. The van der Waals surface area contributed by atoms with Crippen LogP contribution in [0.2, 0.25) is 5.02 Å². The summed E-state index contributed by atoms with van der Waals surface area (Å²) in [5, 5.41) is 12.1. The van der Waals surface area contributed by atoms with Crippen LogP contribution < -0.4 is 31.0 Å². The third kappa shape index (κ3) is 5.18. The molecule has 188 valence electrons. The van der Waals surface area contributed by atoms with Gasteiger partial charge in [0.1, 0.15) is 0 Å². The van der Waals surface area contributed by atoms with E-state index < -0.39 is 35.7 Å². The van der Waals surface area contributed by atoms with Crippen molar-refractivity contribution in [3.05, 3.63) is 74.3 Å². The third-order valence-electron chi connectivity index (χ3n) is 5.95. The predicted octanol–water partition coefficient (Wildman–Crippen LogP) is 3.48. The second-order valence-electron chi connectivity index (χ2n) is 8.44. The van der Waals surface area contributed by atoms with Crippen molar-refractivity contribution in [2.45, 2.75) is 36.7 Å². The first kappa shape index (κ1) is 25.5. The van der Waals surface area contributed by atoms with E-state index in [1.54, 1.807) is 14.0 Å². The monoisotopic (exact) mass is 620 g/mol. The first-order valence-electron chi connectivity index (χ1n) is 10.8. The van der Waals surface area contributed by atoms with Gasteiger partial charge in [0.05, 0.1) is 0 Å². The van der Waals surface area contributed by atoms with Crippen LogP contribution in [0.25, 0.3) is 16.5 Å². The Labute approximate surface area is 210 Å². The number of carboxylic acids is 1. The summed E-state index contributed by atoms with van der Waals surface area (Å²) >= 11 is -1.14. The van der Waals surface area contributed by atoms with Crippen molar-refractivity contribution in [3.8, 4) is 0 Å². The number of aromatic nitrogens is 2. The molecular weight excluding hydrogens is 598 g/mol. The fraction of sp³-hybridized carbons (Fsp3) is 0.292. The number of nitrogens with one attached hydrogen (secondary N) is 1. The fourth-order valence-corrected chi connectivity index (χ4v) is 6.40. The number of carboxylic acid groups (broad SMARTS) is 1. The van der Waals surface area contributed by atoms with E-state index in [9.17, 15) is 23.3 Å². The third-order valence-corrected chi connectivity index (χ3v) is 8.58. The van der Waals surface area contributed by atoms with Crippen molar-refractivity contribution in [3.63, 3.8) is 0 Å². The van der Waals surface area contributed by atoms with Crippen LogP contribution in [0, 0.1) is 6.92 Å². The predicted molar refractivity (Wildman–Crippen MR) is 126 cm³/mol. The van der Waals surface area contributed by atoms with Crippen LogP contribution in [-0.4, -0.2) is 20.6 Å². The van der Waals surface area contributed by atoms with Gasteiger partial charge in [-0.25, -0.2) is 0 Å². The van der Waals surface area contributed by atoms with Gasteiger partial charge in [0.25, 0.3) is 0 Å². The molecule has 0 fully saturated rings. The number of aromatic carboxylic acids is 1. The van der Waals surface area contributed by atoms with Crippen LogP contribution in [0.5, 0.6) is 0 Å². The minimum absolute atomic E-state index is 0.0237. The second-order valence-corrected chi connectivity index (χ2v) is 12.5. The van der Waals surface area contributed by atoms with Gasteiger partial charge in [-0.3, -0.25) is 0 Å². The molecule has 0 radical (unpaired) electrons. The first-order chi connectivity index (χ1) is 16.5. The van der Waals surface area contributed by atoms with E-state index in [4.69, 9.17) is 11.6 Å². The maximum atomic E-state index is 14.6. The fourth-order valence-electron chi connectivity index (χ4n) is 4.30. The first-order valence-corrected chi connectivity index (χ1v) is 14.9. The normalized spacial score (nSPS) is 15.5. The molecule has 0 saturated carbocycles. The average molecular weight is 621 g/mol. The van der Waals surface area contributed by atoms with E-state index in [0.717, 1.165) is 30.9 Å². The Morgan fingerprint density at radius 1 is 1.23 bits per heavy atom. The molecule has 2 N–H and O–H groups in total. The van der Waals surface area contributed by atoms with Crippen LogP contribution in [0.4, 0.5) is 14.3 Å². The van der Waals surface area contributed by atoms with Gasteiger partial charge in [0.2, 0.25) is 0 Å². The molecule has 4 rings (SSSR count). The number of anilines is 1. The van der Waals surface area contributed by atoms with Gasteiger partial charge >= 0.3 is 211 Å². The molecule has 0 bridgehead atoms. The number of halogens is 5. The number of allylic oxidation sites excluding steroid dienone is 2. The molecule has 11 heteroatoms. The number of nitrogens with zero attached hydrogens (tertiary/aromatic N) is 2. The van der Waals surface area contributed by atoms with Gasteiger partial charge < -0.3 is 0 Å². The number of hydrogen-bond acceptors (Lipinski definition) is 4. The molecule has 3 aromatic rings. The quantitative estimate of drug-likeness (QED) is 0.251. The van der Waals surface area contributed by atoms with Gasteiger partial charge in [-0.1, -0.05) is 0 Å². The van der Waals surface area contributed by atoms with Crippen LogP contribution in [0.3, 0.4) is 0 Å². The summed E-state index contributed by atoms with van der Waals surface area (Å²) < 4.78 is 43.1. The van der Waals surface area contributed by atoms with E-state index >= 15 is 0 Å². The molecule has 1 unspecified atom stereocenters. The number of hydrogen-bond donors (Lipinski definition) is 2. The summed E-state index contributed by atoms with van der Waals surface area (Å²) in [5.41, 5.74) is 0.111. The molecule has 1 aromatic heterocycles. The van der Waals surface area contributed by atoms with Gasteiger partial charge in [-0.15, -0.1) is 0 Å². The summed E-state index contributed by atoms with van der Waals surface area (Å²) in [6.07, 6.45) is 5.42. The molecule has 1 aliphatic rings. The van der Waals surface area contributed by atoms with Crippen LogP contribution in [0.1, 0.15) is 57.0 Å². The molecule has 1 heterocycles. The maximum absolute atomic E-state index is 14.6. The Morgan fingerprint density at radius 3 is 2.60 bits per heavy atom. The zero-order valence-corrected chi connectivity index (χ0v) is 21.8. The molecule has 0 amide bonds. The van der Waals surface area contributed by atoms with Gasteiger partial charge in [-0.05, 0) is 0 Å². The van der Waals surface area contributed by atoms with Crippen molar-refractivity contribution >= 4 is 39.7 Å². The van der Waals surface area contributed by atoms with Crippen LogP contribution in [-0.2, 0) is 7.05 Å². The Kier molecular flexibility index (Phi) is 7.14.